The Labute approximate surface area is 157 Å². The van der Waals surface area contributed by atoms with Gasteiger partial charge in [0.1, 0.15) is 0 Å². The minimum Gasteiger partial charge on any atom is -0.351 e. The zero-order valence-corrected chi connectivity index (χ0v) is 16.6. The van der Waals surface area contributed by atoms with Gasteiger partial charge in [0.15, 0.2) is 0 Å². The first-order chi connectivity index (χ1) is 12.3. The standard InChI is InChI=1S/C21H33N3O2/c1-16(2)10-12-22-20(26)24-13-7-11-21(4,15-24)19(25)23-14-18-9-6-5-8-17(18)3/h5-6,8-9,16H,7,10-15H2,1-4H3,(H,22,26)(H,23,25)/t21-/m1/s1. The highest BCUT2D eigenvalue weighted by molar-refractivity contribution is 5.84. The van der Waals surface area contributed by atoms with E-state index in [4.69, 9.17) is 0 Å². The number of hydrogen-bond donors (Lipinski definition) is 2. The van der Waals surface area contributed by atoms with Crippen LogP contribution in [-0.2, 0) is 11.3 Å². The molecule has 1 fully saturated rings. The molecule has 0 saturated carbocycles. The molecule has 2 N–H and O–H groups in total. The largest absolute Gasteiger partial charge is 0.351 e. The van der Waals surface area contributed by atoms with Crippen LogP contribution in [0.25, 0.3) is 0 Å². The summed E-state index contributed by atoms with van der Waals surface area (Å²) in [6.07, 6.45) is 2.63. The first kappa shape index (κ1) is 20.3. The molecule has 0 unspecified atom stereocenters. The molecule has 26 heavy (non-hydrogen) atoms. The van der Waals surface area contributed by atoms with Crippen LogP contribution in [0.3, 0.4) is 0 Å². The van der Waals surface area contributed by atoms with Gasteiger partial charge in [-0.15, -0.1) is 0 Å². The first-order valence-electron chi connectivity index (χ1n) is 9.67. The highest BCUT2D eigenvalue weighted by Gasteiger charge is 2.39. The normalized spacial score (nSPS) is 20.1. The number of carbonyl (C=O) groups excluding carboxylic acids is 2. The number of amides is 3. The topological polar surface area (TPSA) is 61.4 Å². The van der Waals surface area contributed by atoms with E-state index in [1.165, 1.54) is 5.56 Å². The van der Waals surface area contributed by atoms with Gasteiger partial charge in [0.05, 0.1) is 5.41 Å². The predicted molar refractivity (Wildman–Crippen MR) is 105 cm³/mol. The van der Waals surface area contributed by atoms with E-state index in [9.17, 15) is 9.59 Å². The molecule has 5 nitrogen and oxygen atoms in total. The van der Waals surface area contributed by atoms with Crippen molar-refractivity contribution in [2.75, 3.05) is 19.6 Å². The third-order valence-corrected chi connectivity index (χ3v) is 5.23. The quantitative estimate of drug-likeness (QED) is 0.817. The van der Waals surface area contributed by atoms with Gasteiger partial charge in [-0.25, -0.2) is 4.79 Å². The van der Waals surface area contributed by atoms with Gasteiger partial charge < -0.3 is 15.5 Å². The lowest BCUT2D eigenvalue weighted by Crippen LogP contribution is -2.54. The van der Waals surface area contributed by atoms with Crippen molar-refractivity contribution in [1.82, 2.24) is 15.5 Å². The lowest BCUT2D eigenvalue weighted by Gasteiger charge is -2.39. The summed E-state index contributed by atoms with van der Waals surface area (Å²) in [5.74, 6) is 0.592. The highest BCUT2D eigenvalue weighted by Crippen LogP contribution is 2.30. The van der Waals surface area contributed by atoms with Crippen molar-refractivity contribution in [1.29, 1.82) is 0 Å². The van der Waals surface area contributed by atoms with Crippen molar-refractivity contribution < 1.29 is 9.59 Å². The maximum Gasteiger partial charge on any atom is 0.317 e. The fourth-order valence-corrected chi connectivity index (χ4v) is 3.38. The lowest BCUT2D eigenvalue weighted by molar-refractivity contribution is -0.132. The van der Waals surface area contributed by atoms with Crippen molar-refractivity contribution in [3.8, 4) is 0 Å². The number of piperidine rings is 1. The number of rotatable bonds is 6. The van der Waals surface area contributed by atoms with E-state index in [0.29, 0.717) is 32.1 Å². The summed E-state index contributed by atoms with van der Waals surface area (Å²) < 4.78 is 0. The molecule has 1 aliphatic rings. The molecule has 0 spiro atoms. The van der Waals surface area contributed by atoms with Gasteiger partial charge in [-0.2, -0.15) is 0 Å². The minimum atomic E-state index is -0.531. The van der Waals surface area contributed by atoms with E-state index in [2.05, 4.69) is 24.5 Å². The summed E-state index contributed by atoms with van der Waals surface area (Å²) in [6.45, 7) is 10.7. The fourth-order valence-electron chi connectivity index (χ4n) is 3.38. The van der Waals surface area contributed by atoms with Crippen molar-refractivity contribution in [2.45, 2.75) is 53.5 Å². The fraction of sp³-hybridized carbons (Fsp3) is 0.619. The third kappa shape index (κ3) is 5.48. The van der Waals surface area contributed by atoms with Crippen molar-refractivity contribution in [2.24, 2.45) is 11.3 Å². The second kappa shape index (κ2) is 9.06. The van der Waals surface area contributed by atoms with E-state index in [1.54, 1.807) is 4.90 Å². The summed E-state index contributed by atoms with van der Waals surface area (Å²) in [5.41, 5.74) is 1.77. The summed E-state index contributed by atoms with van der Waals surface area (Å²) in [5, 5.41) is 6.05. The van der Waals surface area contributed by atoms with Gasteiger partial charge in [0.25, 0.3) is 0 Å². The van der Waals surface area contributed by atoms with E-state index in [-0.39, 0.29) is 11.9 Å². The second-order valence-corrected chi connectivity index (χ2v) is 8.11. The number of urea groups is 1. The smallest absolute Gasteiger partial charge is 0.317 e. The number of nitrogens with zero attached hydrogens (tertiary/aromatic N) is 1. The molecular formula is C21H33N3O2. The molecule has 3 amide bonds. The molecule has 1 saturated heterocycles. The van der Waals surface area contributed by atoms with Gasteiger partial charge >= 0.3 is 6.03 Å². The predicted octanol–water partition coefficient (Wildman–Crippen LogP) is 3.47. The Hall–Kier alpha value is -2.04. The molecule has 0 aliphatic carbocycles. The molecule has 1 aromatic rings. The zero-order chi connectivity index (χ0) is 19.2. The Morgan fingerprint density at radius 3 is 2.65 bits per heavy atom. The van der Waals surface area contributed by atoms with E-state index < -0.39 is 5.41 Å². The Morgan fingerprint density at radius 1 is 1.23 bits per heavy atom. The zero-order valence-electron chi connectivity index (χ0n) is 16.6. The Morgan fingerprint density at radius 2 is 1.96 bits per heavy atom. The Balaban J connectivity index is 1.89. The van der Waals surface area contributed by atoms with Gasteiger partial charge in [0, 0.05) is 26.2 Å². The SMILES string of the molecule is Cc1ccccc1CNC(=O)[C@]1(C)CCCN(C(=O)NCCC(C)C)C1. The Kier molecular flexibility index (Phi) is 7.06. The molecule has 1 heterocycles. The van der Waals surface area contributed by atoms with Crippen LogP contribution in [0.2, 0.25) is 0 Å². The maximum atomic E-state index is 12.8. The van der Waals surface area contributed by atoms with Gasteiger partial charge in [0.2, 0.25) is 5.91 Å². The van der Waals surface area contributed by atoms with Crippen LogP contribution in [-0.4, -0.2) is 36.5 Å². The van der Waals surface area contributed by atoms with Crippen LogP contribution in [0.4, 0.5) is 4.79 Å². The van der Waals surface area contributed by atoms with Crippen LogP contribution in [0.5, 0.6) is 0 Å². The summed E-state index contributed by atoms with van der Waals surface area (Å²) >= 11 is 0. The summed E-state index contributed by atoms with van der Waals surface area (Å²) in [4.78, 5) is 27.0. The van der Waals surface area contributed by atoms with E-state index in [0.717, 1.165) is 24.8 Å². The van der Waals surface area contributed by atoms with Gasteiger partial charge in [-0.05, 0) is 50.2 Å². The van der Waals surface area contributed by atoms with Crippen LogP contribution in [0.1, 0.15) is 51.2 Å². The first-order valence-corrected chi connectivity index (χ1v) is 9.67. The molecule has 0 bridgehead atoms. The summed E-state index contributed by atoms with van der Waals surface area (Å²) in [6, 6.07) is 8.02. The molecule has 0 aromatic heterocycles. The number of hydrogen-bond acceptors (Lipinski definition) is 2. The van der Waals surface area contributed by atoms with Gasteiger partial charge in [-0.3, -0.25) is 4.79 Å². The molecule has 2 rings (SSSR count). The monoisotopic (exact) mass is 359 g/mol. The average Bonchev–Trinajstić information content (AvgIpc) is 2.60. The molecule has 1 aliphatic heterocycles. The Bertz CT molecular complexity index is 629. The van der Waals surface area contributed by atoms with E-state index >= 15 is 0 Å². The molecular weight excluding hydrogens is 326 g/mol. The second-order valence-electron chi connectivity index (χ2n) is 8.11. The molecule has 1 aromatic carbocycles. The highest BCUT2D eigenvalue weighted by atomic mass is 16.2. The number of likely N-dealkylation sites (tertiary alicyclic amines) is 1. The number of nitrogens with one attached hydrogen (secondary N) is 2. The molecule has 5 heteroatoms. The van der Waals surface area contributed by atoms with Crippen molar-refractivity contribution in [3.63, 3.8) is 0 Å². The molecule has 144 valence electrons. The van der Waals surface area contributed by atoms with Gasteiger partial charge in [-0.1, -0.05) is 38.1 Å². The van der Waals surface area contributed by atoms with Crippen LogP contribution in [0.15, 0.2) is 24.3 Å². The number of carbonyl (C=O) groups is 2. The summed E-state index contributed by atoms with van der Waals surface area (Å²) in [7, 11) is 0. The van der Waals surface area contributed by atoms with Crippen LogP contribution >= 0.6 is 0 Å². The van der Waals surface area contributed by atoms with Crippen molar-refractivity contribution >= 4 is 11.9 Å². The van der Waals surface area contributed by atoms with E-state index in [1.807, 2.05) is 38.1 Å². The lowest BCUT2D eigenvalue weighted by atomic mass is 9.81. The minimum absolute atomic E-state index is 0.0282. The molecule has 0 radical (unpaired) electrons. The maximum absolute atomic E-state index is 12.8. The van der Waals surface area contributed by atoms with Crippen molar-refractivity contribution in [3.05, 3.63) is 35.4 Å². The molecule has 1 atom stereocenters. The van der Waals surface area contributed by atoms with Crippen LogP contribution < -0.4 is 10.6 Å². The van der Waals surface area contributed by atoms with Crippen LogP contribution in [0, 0.1) is 18.3 Å². The number of benzene rings is 1. The number of aryl methyl sites for hydroxylation is 1. The third-order valence-electron chi connectivity index (χ3n) is 5.23. The average molecular weight is 360 g/mol.